The lowest BCUT2D eigenvalue weighted by atomic mass is 10.1. The Bertz CT molecular complexity index is 883. The van der Waals surface area contributed by atoms with Crippen molar-refractivity contribution in [2.24, 2.45) is 0 Å². The van der Waals surface area contributed by atoms with E-state index in [2.05, 4.69) is 0 Å². The van der Waals surface area contributed by atoms with Gasteiger partial charge in [-0.15, -0.1) is 0 Å². The molecule has 0 amide bonds. The highest BCUT2D eigenvalue weighted by Gasteiger charge is 2.22. The zero-order valence-corrected chi connectivity index (χ0v) is 11.4. The van der Waals surface area contributed by atoms with Gasteiger partial charge in [0.05, 0.1) is 11.0 Å². The highest BCUT2D eigenvalue weighted by Crippen LogP contribution is 2.36. The van der Waals surface area contributed by atoms with E-state index in [1.807, 2.05) is 37.5 Å². The smallest absolute Gasteiger partial charge is 0.0526 e. The fraction of sp³-hybridized carbons (Fsp3) is 0.333. The van der Waals surface area contributed by atoms with Crippen molar-refractivity contribution in [3.8, 4) is 0 Å². The molecule has 0 saturated carbocycles. The van der Waals surface area contributed by atoms with Gasteiger partial charge < -0.3 is 4.57 Å². The molecule has 3 aromatic rings. The maximum Gasteiger partial charge on any atom is 0.0526 e. The Morgan fingerprint density at radius 3 is 1.68 bits per heavy atom. The minimum atomic E-state index is -2.28. The zero-order chi connectivity index (χ0) is 18.8. The Labute approximate surface area is 123 Å². The van der Waals surface area contributed by atoms with E-state index in [1.54, 1.807) is 24.3 Å². The van der Waals surface area contributed by atoms with E-state index in [-0.39, 0.29) is 11.1 Å². The van der Waals surface area contributed by atoms with Crippen molar-refractivity contribution < 1.29 is 8.22 Å². The summed E-state index contributed by atoms with van der Waals surface area (Å²) in [6.45, 7) is 1.31. The molecule has 0 fully saturated rings. The van der Waals surface area contributed by atoms with Crippen LogP contribution < -0.4 is 0 Å². The number of hydrogen-bond donors (Lipinski definition) is 0. The number of para-hydroxylation sites is 2. The van der Waals surface area contributed by atoms with E-state index < -0.39 is 19.2 Å². The van der Waals surface area contributed by atoms with Crippen LogP contribution in [-0.2, 0) is 5.54 Å². The van der Waals surface area contributed by atoms with Crippen LogP contribution >= 0.6 is 0 Å². The van der Waals surface area contributed by atoms with Crippen LogP contribution in [-0.4, -0.2) is 4.57 Å². The fourth-order valence-electron chi connectivity index (χ4n) is 2.79. The summed E-state index contributed by atoms with van der Waals surface area (Å²) in [6.07, 6.45) is 0. The fourth-order valence-corrected chi connectivity index (χ4v) is 2.79. The lowest BCUT2D eigenvalue weighted by molar-refractivity contribution is 0.422. The van der Waals surface area contributed by atoms with Crippen molar-refractivity contribution in [1.82, 2.24) is 4.57 Å². The van der Waals surface area contributed by atoms with Gasteiger partial charge in [-0.1, -0.05) is 36.4 Å². The van der Waals surface area contributed by atoms with Gasteiger partial charge in [0.25, 0.3) is 0 Å². The molecule has 0 saturated heterocycles. The van der Waals surface area contributed by atoms with E-state index in [1.165, 1.54) is 0 Å². The van der Waals surface area contributed by atoms with Crippen molar-refractivity contribution >= 4 is 21.8 Å². The molecule has 1 heterocycles. The van der Waals surface area contributed by atoms with E-state index in [4.69, 9.17) is 8.22 Å². The number of fused-ring (bicyclic) bond motifs is 3. The Kier molecular flexibility index (Phi) is 1.45. The second-order valence-electron chi connectivity index (χ2n) is 5.91. The largest absolute Gasteiger partial charge is 0.335 e. The molecule has 0 unspecified atom stereocenters. The first-order valence-electron chi connectivity index (χ1n) is 9.41. The average Bonchev–Trinajstić information content (AvgIpc) is 2.78. The Balaban J connectivity index is 2.67. The second-order valence-corrected chi connectivity index (χ2v) is 5.91. The molecule has 0 aliphatic rings. The summed E-state index contributed by atoms with van der Waals surface area (Å²) < 4.78 is 49.4. The van der Waals surface area contributed by atoms with E-state index in [0.29, 0.717) is 11.0 Å². The number of rotatable bonds is 0. The lowest BCUT2D eigenvalue weighted by Crippen LogP contribution is -2.22. The zero-order valence-electron chi connectivity index (χ0n) is 17.4. The topological polar surface area (TPSA) is 4.93 Å². The van der Waals surface area contributed by atoms with Crippen molar-refractivity contribution in [3.05, 3.63) is 47.5 Å². The average molecular weight is 257 g/mol. The van der Waals surface area contributed by atoms with Gasteiger partial charge in [0, 0.05) is 24.5 Å². The van der Waals surface area contributed by atoms with Crippen LogP contribution in [0.25, 0.3) is 21.8 Å². The molecule has 1 heteroatoms. The van der Waals surface area contributed by atoms with Crippen molar-refractivity contribution in [3.63, 3.8) is 0 Å². The van der Waals surface area contributed by atoms with Gasteiger partial charge in [-0.3, -0.25) is 0 Å². The van der Waals surface area contributed by atoms with E-state index in [9.17, 15) is 0 Å². The Morgan fingerprint density at radius 2 is 1.32 bits per heavy atom. The number of hydrogen-bond acceptors (Lipinski definition) is 0. The van der Waals surface area contributed by atoms with Gasteiger partial charge in [-0.2, -0.15) is 0 Å². The molecule has 1 nitrogen and oxygen atoms in total. The summed E-state index contributed by atoms with van der Waals surface area (Å²) in [5, 5.41) is 1.54. The first-order valence-corrected chi connectivity index (χ1v) is 6.41. The van der Waals surface area contributed by atoms with Gasteiger partial charge >= 0.3 is 0 Å². The predicted octanol–water partition coefficient (Wildman–Crippen LogP) is 5.17. The number of aryl methyl sites for hydroxylation is 2. The monoisotopic (exact) mass is 257 g/mol. The SMILES string of the molecule is [2H]C([2H])([2H])c1cccc2c3cccc(C([2H])([2H])[2H])c3n(C(C)(C)C)c12. The van der Waals surface area contributed by atoms with E-state index in [0.717, 1.165) is 10.8 Å². The Hall–Kier alpha value is -1.76. The molecule has 98 valence electrons. The van der Waals surface area contributed by atoms with Crippen molar-refractivity contribution in [1.29, 1.82) is 0 Å². The molecule has 0 N–H and O–H groups in total. The summed E-state index contributed by atoms with van der Waals surface area (Å²) in [5.41, 5.74) is 1.17. The molecule has 19 heavy (non-hydrogen) atoms. The number of benzene rings is 2. The molecular formula is C18H21N. The maximum absolute atomic E-state index is 7.91. The van der Waals surface area contributed by atoms with Crippen LogP contribution in [0.15, 0.2) is 36.4 Å². The molecule has 3 rings (SSSR count). The molecule has 0 aliphatic carbocycles. The third-order valence-corrected chi connectivity index (χ3v) is 3.48. The van der Waals surface area contributed by atoms with Crippen LogP contribution in [0.4, 0.5) is 0 Å². The molecule has 0 aliphatic heterocycles. The van der Waals surface area contributed by atoms with Crippen molar-refractivity contribution in [2.45, 2.75) is 40.0 Å². The third-order valence-electron chi connectivity index (χ3n) is 3.48. The summed E-state index contributed by atoms with van der Waals surface area (Å²) in [6, 6.07) is 10.4. The molecule has 0 radical (unpaired) electrons. The summed E-state index contributed by atoms with van der Waals surface area (Å²) >= 11 is 0. The molecule has 0 spiro atoms. The summed E-state index contributed by atoms with van der Waals surface area (Å²) in [5.74, 6) is 0. The van der Waals surface area contributed by atoms with Gasteiger partial charge in [-0.25, -0.2) is 0 Å². The highest BCUT2D eigenvalue weighted by atomic mass is 15.1. The Morgan fingerprint density at radius 1 is 0.842 bits per heavy atom. The lowest BCUT2D eigenvalue weighted by Gasteiger charge is -2.25. The van der Waals surface area contributed by atoms with Crippen LogP contribution in [0, 0.1) is 13.7 Å². The number of nitrogens with zero attached hydrogens (tertiary/aromatic N) is 1. The molecule has 0 atom stereocenters. The molecular weight excluding hydrogens is 230 g/mol. The normalized spacial score (nSPS) is 18.5. The minimum Gasteiger partial charge on any atom is -0.335 e. The molecule has 2 aromatic carbocycles. The van der Waals surface area contributed by atoms with Crippen molar-refractivity contribution in [2.75, 3.05) is 0 Å². The first kappa shape index (κ1) is 7.14. The second kappa shape index (κ2) is 3.86. The van der Waals surface area contributed by atoms with Crippen LogP contribution in [0.5, 0.6) is 0 Å². The van der Waals surface area contributed by atoms with Gasteiger partial charge in [-0.05, 0) is 45.6 Å². The molecule has 1 aromatic heterocycles. The van der Waals surface area contributed by atoms with E-state index >= 15 is 0 Å². The summed E-state index contributed by atoms with van der Waals surface area (Å²) in [7, 11) is 0. The predicted molar refractivity (Wildman–Crippen MR) is 83.9 cm³/mol. The number of aromatic nitrogens is 1. The minimum absolute atomic E-state index is 0.243. The standard InChI is InChI=1S/C18H21N/c1-12-8-6-10-14-15-11-7-9-13(2)17(15)19(16(12)14)18(3,4)5/h6-11H,1-5H3/i1D3,2D3. The van der Waals surface area contributed by atoms with Gasteiger partial charge in [0.1, 0.15) is 0 Å². The third kappa shape index (κ3) is 1.68. The quantitative estimate of drug-likeness (QED) is 0.524. The van der Waals surface area contributed by atoms with Crippen LogP contribution in [0.2, 0.25) is 0 Å². The van der Waals surface area contributed by atoms with Crippen LogP contribution in [0.3, 0.4) is 0 Å². The molecule has 0 bridgehead atoms. The highest BCUT2D eigenvalue weighted by molar-refractivity contribution is 6.10. The van der Waals surface area contributed by atoms with Gasteiger partial charge in [0.15, 0.2) is 0 Å². The van der Waals surface area contributed by atoms with Gasteiger partial charge in [0.2, 0.25) is 0 Å². The first-order chi connectivity index (χ1) is 11.3. The van der Waals surface area contributed by atoms with Crippen LogP contribution in [0.1, 0.15) is 40.1 Å². The summed E-state index contributed by atoms with van der Waals surface area (Å²) in [4.78, 5) is 0. The maximum atomic E-state index is 7.91.